The zero-order chi connectivity index (χ0) is 20.4. The quantitative estimate of drug-likeness (QED) is 0.555. The number of ether oxygens (including phenoxy) is 2. The van der Waals surface area contributed by atoms with Gasteiger partial charge in [0.25, 0.3) is 6.43 Å². The number of hydrogen-bond donors (Lipinski definition) is 1. The lowest BCUT2D eigenvalue weighted by Crippen LogP contribution is -2.25. The fourth-order valence-electron chi connectivity index (χ4n) is 2.35. The average molecular weight is 396 g/mol. The molecular formula is C16H17F5N2O4. The first-order valence-electron chi connectivity index (χ1n) is 8.15. The molecule has 11 heteroatoms. The van der Waals surface area contributed by atoms with Gasteiger partial charge >= 0.3 is 18.1 Å². The Kier molecular flexibility index (Phi) is 6.22. The van der Waals surface area contributed by atoms with Crippen molar-refractivity contribution < 1.29 is 41.0 Å². The second-order valence-electron chi connectivity index (χ2n) is 5.63. The molecule has 150 valence electrons. The van der Waals surface area contributed by atoms with Crippen LogP contribution in [0.5, 0.6) is 0 Å². The Morgan fingerprint density at radius 3 is 2.04 bits per heavy atom. The molecule has 0 atom stereocenters. The van der Waals surface area contributed by atoms with Crippen LogP contribution in [0.3, 0.4) is 0 Å². The van der Waals surface area contributed by atoms with Gasteiger partial charge in [0.1, 0.15) is 16.8 Å². The second-order valence-corrected chi connectivity index (χ2v) is 5.63. The van der Waals surface area contributed by atoms with Gasteiger partial charge in [-0.15, -0.1) is 0 Å². The SMILES string of the molecule is CCOC(=O)c1c(C(F)F)nc(C(F)(F)F)c(C(=O)OCC)c1NC1CC1. The predicted octanol–water partition coefficient (Wildman–Crippen LogP) is 3.97. The molecule has 2 rings (SSSR count). The van der Waals surface area contributed by atoms with Crippen molar-refractivity contribution in [2.24, 2.45) is 0 Å². The third-order valence-electron chi connectivity index (χ3n) is 3.59. The van der Waals surface area contributed by atoms with E-state index in [-0.39, 0.29) is 19.3 Å². The van der Waals surface area contributed by atoms with Gasteiger partial charge in [-0.2, -0.15) is 13.2 Å². The maximum Gasteiger partial charge on any atom is 0.434 e. The van der Waals surface area contributed by atoms with Gasteiger partial charge in [-0.05, 0) is 26.7 Å². The molecule has 1 aliphatic carbocycles. The largest absolute Gasteiger partial charge is 0.462 e. The summed E-state index contributed by atoms with van der Waals surface area (Å²) < 4.78 is 76.5. The molecule has 6 nitrogen and oxygen atoms in total. The number of nitrogens with zero attached hydrogens (tertiary/aromatic N) is 1. The van der Waals surface area contributed by atoms with E-state index in [9.17, 15) is 31.5 Å². The van der Waals surface area contributed by atoms with Crippen molar-refractivity contribution in [3.63, 3.8) is 0 Å². The first-order valence-corrected chi connectivity index (χ1v) is 8.15. The molecule has 0 aromatic carbocycles. The fraction of sp³-hybridized carbons (Fsp3) is 0.562. The van der Waals surface area contributed by atoms with Crippen LogP contribution in [-0.4, -0.2) is 36.2 Å². The number of rotatable bonds is 7. The van der Waals surface area contributed by atoms with Crippen LogP contribution in [-0.2, 0) is 15.7 Å². The normalized spacial score (nSPS) is 14.2. The van der Waals surface area contributed by atoms with Crippen LogP contribution in [0.25, 0.3) is 0 Å². The number of esters is 2. The maximum absolute atomic E-state index is 13.4. The molecule has 1 heterocycles. The highest BCUT2D eigenvalue weighted by Gasteiger charge is 2.44. The van der Waals surface area contributed by atoms with Crippen molar-refractivity contribution in [3.8, 4) is 0 Å². The topological polar surface area (TPSA) is 77.5 Å². The first kappa shape index (κ1) is 20.8. The number of carbonyl (C=O) groups is 2. The Bertz CT molecular complexity index is 733. The molecule has 1 aliphatic rings. The van der Waals surface area contributed by atoms with E-state index in [1.165, 1.54) is 13.8 Å². The lowest BCUT2D eigenvalue weighted by Gasteiger charge is -2.21. The van der Waals surface area contributed by atoms with Crippen molar-refractivity contribution in [1.82, 2.24) is 4.98 Å². The third-order valence-corrected chi connectivity index (χ3v) is 3.59. The number of carbonyl (C=O) groups excluding carboxylic acids is 2. The summed E-state index contributed by atoms with van der Waals surface area (Å²) in [7, 11) is 0. The molecule has 0 saturated heterocycles. The van der Waals surface area contributed by atoms with Crippen molar-refractivity contribution in [2.75, 3.05) is 18.5 Å². The van der Waals surface area contributed by atoms with Crippen molar-refractivity contribution in [1.29, 1.82) is 0 Å². The monoisotopic (exact) mass is 396 g/mol. The van der Waals surface area contributed by atoms with E-state index >= 15 is 0 Å². The Labute approximate surface area is 151 Å². The smallest absolute Gasteiger partial charge is 0.434 e. The third kappa shape index (κ3) is 4.64. The van der Waals surface area contributed by atoms with Gasteiger partial charge in [0.15, 0.2) is 5.69 Å². The number of pyridine rings is 1. The molecule has 27 heavy (non-hydrogen) atoms. The molecule has 0 unspecified atom stereocenters. The number of hydrogen-bond acceptors (Lipinski definition) is 6. The van der Waals surface area contributed by atoms with Gasteiger partial charge in [-0.3, -0.25) is 0 Å². The molecule has 0 radical (unpaired) electrons. The van der Waals surface area contributed by atoms with Crippen LogP contribution in [0.15, 0.2) is 0 Å². The van der Waals surface area contributed by atoms with Crippen LogP contribution < -0.4 is 5.32 Å². The molecular weight excluding hydrogens is 379 g/mol. The summed E-state index contributed by atoms with van der Waals surface area (Å²) in [6.07, 6.45) is -7.64. The lowest BCUT2D eigenvalue weighted by atomic mass is 10.0. The zero-order valence-corrected chi connectivity index (χ0v) is 14.5. The number of halogens is 5. The van der Waals surface area contributed by atoms with Crippen molar-refractivity contribution >= 4 is 17.6 Å². The van der Waals surface area contributed by atoms with Gasteiger partial charge in [0, 0.05) is 6.04 Å². The fourth-order valence-corrected chi connectivity index (χ4v) is 2.35. The minimum absolute atomic E-state index is 0.208. The summed E-state index contributed by atoms with van der Waals surface area (Å²) in [6, 6.07) is -0.361. The summed E-state index contributed by atoms with van der Waals surface area (Å²) in [5.41, 5.74) is -5.94. The van der Waals surface area contributed by atoms with E-state index in [0.29, 0.717) is 12.8 Å². The Morgan fingerprint density at radius 1 is 1.11 bits per heavy atom. The van der Waals surface area contributed by atoms with Gasteiger partial charge < -0.3 is 14.8 Å². The molecule has 1 saturated carbocycles. The molecule has 0 aliphatic heterocycles. The van der Waals surface area contributed by atoms with E-state index in [2.05, 4.69) is 15.0 Å². The highest BCUT2D eigenvalue weighted by Crippen LogP contribution is 2.41. The summed E-state index contributed by atoms with van der Waals surface area (Å²) >= 11 is 0. The number of aromatic nitrogens is 1. The van der Waals surface area contributed by atoms with E-state index in [1.54, 1.807) is 0 Å². The summed E-state index contributed by atoms with van der Waals surface area (Å²) in [5, 5.41) is 2.56. The van der Waals surface area contributed by atoms with Gasteiger partial charge in [0.05, 0.1) is 18.9 Å². The summed E-state index contributed by atoms with van der Waals surface area (Å²) in [5.74, 6) is -2.73. The van der Waals surface area contributed by atoms with E-state index < -0.39 is 52.7 Å². The van der Waals surface area contributed by atoms with Gasteiger partial charge in [0.2, 0.25) is 0 Å². The van der Waals surface area contributed by atoms with Crippen LogP contribution in [0.2, 0.25) is 0 Å². The van der Waals surface area contributed by atoms with Crippen molar-refractivity contribution in [3.05, 3.63) is 22.5 Å². The zero-order valence-electron chi connectivity index (χ0n) is 14.5. The molecule has 0 bridgehead atoms. The summed E-state index contributed by atoms with van der Waals surface area (Å²) in [4.78, 5) is 27.3. The first-order chi connectivity index (χ1) is 12.6. The van der Waals surface area contributed by atoms with Crippen molar-refractivity contribution in [2.45, 2.75) is 45.3 Å². The number of anilines is 1. The average Bonchev–Trinajstić information content (AvgIpc) is 3.37. The predicted molar refractivity (Wildman–Crippen MR) is 82.8 cm³/mol. The minimum Gasteiger partial charge on any atom is -0.462 e. The molecule has 1 N–H and O–H groups in total. The Morgan fingerprint density at radius 2 is 1.63 bits per heavy atom. The van der Waals surface area contributed by atoms with E-state index in [1.807, 2.05) is 0 Å². The molecule has 1 aromatic rings. The van der Waals surface area contributed by atoms with E-state index in [0.717, 1.165) is 0 Å². The van der Waals surface area contributed by atoms with Crippen LogP contribution in [0.1, 0.15) is 65.2 Å². The van der Waals surface area contributed by atoms with E-state index in [4.69, 9.17) is 4.74 Å². The van der Waals surface area contributed by atoms with Crippen LogP contribution in [0.4, 0.5) is 27.6 Å². The minimum atomic E-state index is -5.22. The Balaban J connectivity index is 2.85. The molecule has 0 amide bonds. The lowest BCUT2D eigenvalue weighted by molar-refractivity contribution is -0.142. The maximum atomic E-state index is 13.4. The number of nitrogens with one attached hydrogen (secondary N) is 1. The van der Waals surface area contributed by atoms with Gasteiger partial charge in [-0.25, -0.2) is 23.4 Å². The van der Waals surface area contributed by atoms with Gasteiger partial charge in [-0.1, -0.05) is 0 Å². The Hall–Kier alpha value is -2.46. The molecule has 1 fully saturated rings. The van der Waals surface area contributed by atoms with Crippen LogP contribution in [0, 0.1) is 0 Å². The standard InChI is InChI=1S/C16H17F5N2O4/c1-3-26-14(24)8-10(22-7-5-6-7)9(15(25)27-4-2)12(16(19,20)21)23-11(8)13(17)18/h7,13H,3-6H2,1-2H3,(H,22,23). The molecule has 0 spiro atoms. The van der Waals surface area contributed by atoms with Crippen LogP contribution >= 0.6 is 0 Å². The highest BCUT2D eigenvalue weighted by molar-refractivity contribution is 6.06. The second kappa shape index (κ2) is 8.05. The number of alkyl halides is 5. The highest BCUT2D eigenvalue weighted by atomic mass is 19.4. The summed E-state index contributed by atoms with van der Waals surface area (Å²) in [6.45, 7) is 2.30. The molecule has 1 aromatic heterocycles.